The van der Waals surface area contributed by atoms with Crippen LogP contribution in [0.5, 0.6) is 0 Å². The fraction of sp³-hybridized carbons (Fsp3) is 0.571. The van der Waals surface area contributed by atoms with Gasteiger partial charge in [-0.2, -0.15) is 0 Å². The van der Waals surface area contributed by atoms with Crippen LogP contribution in [0.25, 0.3) is 0 Å². The summed E-state index contributed by atoms with van der Waals surface area (Å²) >= 11 is 0. The number of nitrogens with zero attached hydrogens (tertiary/aromatic N) is 2. The number of aryl methyl sites for hydroxylation is 1. The first-order chi connectivity index (χ1) is 8.70. The molecule has 0 spiro atoms. The van der Waals surface area contributed by atoms with Crippen LogP contribution in [-0.4, -0.2) is 24.0 Å². The molecule has 2 heterocycles. The molecule has 98 valence electrons. The van der Waals surface area contributed by atoms with Crippen LogP contribution in [0.1, 0.15) is 38.3 Å². The molecule has 1 aromatic rings. The largest absolute Gasteiger partial charge is 0.357 e. The molecule has 4 nitrogen and oxygen atoms in total. The summed E-state index contributed by atoms with van der Waals surface area (Å²) < 4.78 is 0. The fourth-order valence-corrected chi connectivity index (χ4v) is 2.24. The summed E-state index contributed by atoms with van der Waals surface area (Å²) in [7, 11) is 0. The minimum atomic E-state index is 0.0660. The number of carbonyl (C=O) groups excluding carboxylic acids is 1. The standard InChI is InChI=1S/C14H21N3O/c1-3-6-14(18)16-12-7-8-13(15-11(12)2)17-9-4-5-10-17/h7-8H,3-6,9-10H2,1-2H3,(H,16,18). The van der Waals surface area contributed by atoms with E-state index in [1.807, 2.05) is 26.0 Å². The predicted octanol–water partition coefficient (Wildman–Crippen LogP) is 2.73. The smallest absolute Gasteiger partial charge is 0.224 e. The molecule has 4 heteroatoms. The highest BCUT2D eigenvalue weighted by Gasteiger charge is 2.14. The first-order valence-electron chi connectivity index (χ1n) is 6.73. The van der Waals surface area contributed by atoms with E-state index in [1.54, 1.807) is 0 Å². The summed E-state index contributed by atoms with van der Waals surface area (Å²) in [5, 5.41) is 2.91. The van der Waals surface area contributed by atoms with Crippen molar-refractivity contribution >= 4 is 17.4 Å². The minimum Gasteiger partial charge on any atom is -0.357 e. The van der Waals surface area contributed by atoms with Gasteiger partial charge in [-0.1, -0.05) is 6.92 Å². The lowest BCUT2D eigenvalue weighted by atomic mass is 10.2. The van der Waals surface area contributed by atoms with E-state index in [1.165, 1.54) is 12.8 Å². The van der Waals surface area contributed by atoms with Gasteiger partial charge in [-0.15, -0.1) is 0 Å². The lowest BCUT2D eigenvalue weighted by Gasteiger charge is -2.18. The van der Waals surface area contributed by atoms with Crippen molar-refractivity contribution in [1.82, 2.24) is 4.98 Å². The van der Waals surface area contributed by atoms with Gasteiger partial charge < -0.3 is 10.2 Å². The number of rotatable bonds is 4. The van der Waals surface area contributed by atoms with Crippen molar-refractivity contribution in [2.75, 3.05) is 23.3 Å². The number of anilines is 2. The predicted molar refractivity (Wildman–Crippen MR) is 74.0 cm³/mol. The Kier molecular flexibility index (Phi) is 4.18. The van der Waals surface area contributed by atoms with E-state index in [0.29, 0.717) is 6.42 Å². The number of pyridine rings is 1. The molecule has 1 saturated heterocycles. The van der Waals surface area contributed by atoms with Gasteiger partial charge in [0.15, 0.2) is 0 Å². The Hall–Kier alpha value is -1.58. The normalized spacial score (nSPS) is 14.9. The van der Waals surface area contributed by atoms with Crippen molar-refractivity contribution in [3.8, 4) is 0 Å². The van der Waals surface area contributed by atoms with E-state index in [-0.39, 0.29) is 5.91 Å². The fourth-order valence-electron chi connectivity index (χ4n) is 2.24. The van der Waals surface area contributed by atoms with Gasteiger partial charge in [-0.3, -0.25) is 4.79 Å². The van der Waals surface area contributed by atoms with Gasteiger partial charge in [0, 0.05) is 19.5 Å². The summed E-state index contributed by atoms with van der Waals surface area (Å²) in [5.74, 6) is 1.09. The van der Waals surface area contributed by atoms with Crippen LogP contribution in [0.3, 0.4) is 0 Å². The second-order valence-corrected chi connectivity index (χ2v) is 4.79. The second-order valence-electron chi connectivity index (χ2n) is 4.79. The molecule has 1 aliphatic rings. The number of hydrogen-bond acceptors (Lipinski definition) is 3. The highest BCUT2D eigenvalue weighted by atomic mass is 16.1. The quantitative estimate of drug-likeness (QED) is 0.889. The average molecular weight is 247 g/mol. The van der Waals surface area contributed by atoms with Gasteiger partial charge in [0.1, 0.15) is 5.82 Å². The number of hydrogen-bond donors (Lipinski definition) is 1. The lowest BCUT2D eigenvalue weighted by molar-refractivity contribution is -0.116. The number of nitrogens with one attached hydrogen (secondary N) is 1. The van der Waals surface area contributed by atoms with Crippen LogP contribution in [0, 0.1) is 6.92 Å². The summed E-state index contributed by atoms with van der Waals surface area (Å²) in [6.07, 6.45) is 3.92. The van der Waals surface area contributed by atoms with E-state index in [4.69, 9.17) is 0 Å². The van der Waals surface area contributed by atoms with E-state index in [2.05, 4.69) is 15.2 Å². The maximum Gasteiger partial charge on any atom is 0.224 e. The van der Waals surface area contributed by atoms with Crippen molar-refractivity contribution in [3.63, 3.8) is 0 Å². The Morgan fingerprint density at radius 2 is 2.11 bits per heavy atom. The van der Waals surface area contributed by atoms with Crippen LogP contribution in [0.4, 0.5) is 11.5 Å². The number of amides is 1. The van der Waals surface area contributed by atoms with Gasteiger partial charge in [-0.05, 0) is 38.3 Å². The molecule has 2 rings (SSSR count). The average Bonchev–Trinajstić information content (AvgIpc) is 2.85. The minimum absolute atomic E-state index is 0.0660. The molecule has 0 radical (unpaired) electrons. The topological polar surface area (TPSA) is 45.2 Å². The Morgan fingerprint density at radius 1 is 1.39 bits per heavy atom. The molecule has 1 aromatic heterocycles. The molecule has 0 aliphatic carbocycles. The third kappa shape index (κ3) is 3.00. The van der Waals surface area contributed by atoms with Crippen LogP contribution in [0.2, 0.25) is 0 Å². The highest BCUT2D eigenvalue weighted by Crippen LogP contribution is 2.22. The molecule has 0 unspecified atom stereocenters. The lowest BCUT2D eigenvalue weighted by Crippen LogP contribution is -2.20. The second kappa shape index (κ2) is 5.85. The van der Waals surface area contributed by atoms with E-state index in [9.17, 15) is 4.79 Å². The molecule has 0 atom stereocenters. The molecule has 1 aliphatic heterocycles. The van der Waals surface area contributed by atoms with Gasteiger partial charge >= 0.3 is 0 Å². The molecular formula is C14H21N3O. The van der Waals surface area contributed by atoms with Crippen LogP contribution in [0.15, 0.2) is 12.1 Å². The first kappa shape index (κ1) is 12.9. The first-order valence-corrected chi connectivity index (χ1v) is 6.73. The number of carbonyl (C=O) groups is 1. The van der Waals surface area contributed by atoms with Crippen molar-refractivity contribution < 1.29 is 4.79 Å². The van der Waals surface area contributed by atoms with Crippen LogP contribution >= 0.6 is 0 Å². The molecule has 0 aromatic carbocycles. The third-order valence-corrected chi connectivity index (χ3v) is 3.25. The van der Waals surface area contributed by atoms with Crippen molar-refractivity contribution in [2.45, 2.75) is 39.5 Å². The summed E-state index contributed by atoms with van der Waals surface area (Å²) in [4.78, 5) is 18.4. The van der Waals surface area contributed by atoms with E-state index < -0.39 is 0 Å². The van der Waals surface area contributed by atoms with Crippen LogP contribution < -0.4 is 10.2 Å². The Labute approximate surface area is 108 Å². The van der Waals surface area contributed by atoms with E-state index >= 15 is 0 Å². The molecule has 1 amide bonds. The zero-order valence-electron chi connectivity index (χ0n) is 11.2. The maximum atomic E-state index is 11.6. The highest BCUT2D eigenvalue weighted by molar-refractivity contribution is 5.91. The Balaban J connectivity index is 2.07. The number of aromatic nitrogens is 1. The van der Waals surface area contributed by atoms with Crippen LogP contribution in [-0.2, 0) is 4.79 Å². The zero-order chi connectivity index (χ0) is 13.0. The zero-order valence-corrected chi connectivity index (χ0v) is 11.2. The van der Waals surface area contributed by atoms with Gasteiger partial charge in [0.2, 0.25) is 5.91 Å². The van der Waals surface area contributed by atoms with Gasteiger partial charge in [0.05, 0.1) is 11.4 Å². The molecule has 0 saturated carbocycles. The molecule has 1 N–H and O–H groups in total. The van der Waals surface area contributed by atoms with Gasteiger partial charge in [0.25, 0.3) is 0 Å². The summed E-state index contributed by atoms with van der Waals surface area (Å²) in [6.45, 7) is 6.13. The monoisotopic (exact) mass is 247 g/mol. The molecule has 1 fully saturated rings. The molecule has 0 bridgehead atoms. The SMILES string of the molecule is CCCC(=O)Nc1ccc(N2CCCC2)nc1C. The van der Waals surface area contributed by atoms with Crippen molar-refractivity contribution in [1.29, 1.82) is 0 Å². The molecule has 18 heavy (non-hydrogen) atoms. The molecular weight excluding hydrogens is 226 g/mol. The van der Waals surface area contributed by atoms with E-state index in [0.717, 1.165) is 36.7 Å². The van der Waals surface area contributed by atoms with Crippen molar-refractivity contribution in [2.24, 2.45) is 0 Å². The van der Waals surface area contributed by atoms with Crippen molar-refractivity contribution in [3.05, 3.63) is 17.8 Å². The maximum absolute atomic E-state index is 11.6. The Bertz CT molecular complexity index is 425. The summed E-state index contributed by atoms with van der Waals surface area (Å²) in [6, 6.07) is 3.96. The third-order valence-electron chi connectivity index (χ3n) is 3.25. The summed E-state index contributed by atoms with van der Waals surface area (Å²) in [5.41, 5.74) is 1.72. The Morgan fingerprint density at radius 3 is 2.72 bits per heavy atom. The van der Waals surface area contributed by atoms with Gasteiger partial charge in [-0.25, -0.2) is 4.98 Å².